The third-order valence-electron chi connectivity index (χ3n) is 3.31. The fourth-order valence-electron chi connectivity index (χ4n) is 2.34. The highest BCUT2D eigenvalue weighted by molar-refractivity contribution is 5.69. The van der Waals surface area contributed by atoms with Gasteiger partial charge in [-0.3, -0.25) is 4.98 Å². The lowest BCUT2D eigenvalue weighted by atomic mass is 9.77. The van der Waals surface area contributed by atoms with Gasteiger partial charge in [0, 0.05) is 12.4 Å². The van der Waals surface area contributed by atoms with Crippen LogP contribution in [-0.4, -0.2) is 11.3 Å². The van der Waals surface area contributed by atoms with Gasteiger partial charge in [0.2, 0.25) is 0 Å². The number of aldehydes is 1. The van der Waals surface area contributed by atoms with Crippen molar-refractivity contribution >= 4 is 6.29 Å². The van der Waals surface area contributed by atoms with E-state index in [0.717, 1.165) is 23.0 Å². The van der Waals surface area contributed by atoms with E-state index in [9.17, 15) is 4.79 Å². The Hall–Kier alpha value is -1.96. The molecule has 1 aromatic carbocycles. The number of nitrogens with zero attached hydrogens (tertiary/aromatic N) is 1. The number of hydrogen-bond acceptors (Lipinski definition) is 2. The van der Waals surface area contributed by atoms with Crippen molar-refractivity contribution in [1.82, 2.24) is 4.98 Å². The maximum Gasteiger partial charge on any atom is 0.130 e. The van der Waals surface area contributed by atoms with Gasteiger partial charge >= 0.3 is 0 Å². The predicted octanol–water partition coefficient (Wildman–Crippen LogP) is 3.09. The van der Waals surface area contributed by atoms with E-state index in [1.54, 1.807) is 6.20 Å². The topological polar surface area (TPSA) is 30.0 Å². The molecular formula is C16H17NO. The highest BCUT2D eigenvalue weighted by atomic mass is 16.1. The Balaban J connectivity index is 2.37. The molecule has 0 radical (unpaired) electrons. The van der Waals surface area contributed by atoms with Gasteiger partial charge in [0.15, 0.2) is 0 Å². The van der Waals surface area contributed by atoms with Gasteiger partial charge in [-0.25, -0.2) is 0 Å². The summed E-state index contributed by atoms with van der Waals surface area (Å²) in [5, 5.41) is 0. The Labute approximate surface area is 108 Å². The summed E-state index contributed by atoms with van der Waals surface area (Å²) in [7, 11) is 0. The molecule has 1 heterocycles. The third kappa shape index (κ3) is 2.48. The number of carbonyl (C=O) groups excluding carboxylic acids is 1. The summed E-state index contributed by atoms with van der Waals surface area (Å²) < 4.78 is 0. The van der Waals surface area contributed by atoms with E-state index in [2.05, 4.69) is 4.98 Å². The zero-order valence-corrected chi connectivity index (χ0v) is 10.8. The largest absolute Gasteiger partial charge is 0.302 e. The lowest BCUT2D eigenvalue weighted by Crippen LogP contribution is -2.27. The summed E-state index contributed by atoms with van der Waals surface area (Å²) in [6.07, 6.45) is 5.28. The van der Waals surface area contributed by atoms with Gasteiger partial charge in [0.1, 0.15) is 6.29 Å². The average molecular weight is 239 g/mol. The van der Waals surface area contributed by atoms with Gasteiger partial charge in [-0.15, -0.1) is 0 Å². The molecule has 0 saturated carbocycles. The maximum atomic E-state index is 11.6. The number of rotatable bonds is 4. The molecule has 2 aromatic rings. The van der Waals surface area contributed by atoms with Crippen LogP contribution in [0.2, 0.25) is 0 Å². The van der Waals surface area contributed by atoms with E-state index in [1.807, 2.05) is 56.4 Å². The van der Waals surface area contributed by atoms with Crippen LogP contribution in [-0.2, 0) is 16.6 Å². The SMILES string of the molecule is Cc1ccccc1C(C)(C=O)Cc1cccnc1. The Bertz CT molecular complexity index is 536. The first kappa shape index (κ1) is 12.5. The zero-order valence-electron chi connectivity index (χ0n) is 10.8. The van der Waals surface area contributed by atoms with E-state index >= 15 is 0 Å². The molecule has 0 N–H and O–H groups in total. The molecule has 1 atom stereocenters. The normalized spacial score (nSPS) is 13.9. The van der Waals surface area contributed by atoms with Gasteiger partial charge in [-0.05, 0) is 43.0 Å². The fourth-order valence-corrected chi connectivity index (χ4v) is 2.34. The van der Waals surface area contributed by atoms with Crippen molar-refractivity contribution in [3.8, 4) is 0 Å². The van der Waals surface area contributed by atoms with Crippen LogP contribution < -0.4 is 0 Å². The molecule has 92 valence electrons. The lowest BCUT2D eigenvalue weighted by molar-refractivity contribution is -0.112. The van der Waals surface area contributed by atoms with Crippen LogP contribution in [0.1, 0.15) is 23.6 Å². The second kappa shape index (κ2) is 5.13. The van der Waals surface area contributed by atoms with E-state index < -0.39 is 5.41 Å². The van der Waals surface area contributed by atoms with Crippen LogP contribution in [0.3, 0.4) is 0 Å². The Morgan fingerprint density at radius 1 is 1.22 bits per heavy atom. The van der Waals surface area contributed by atoms with E-state index in [0.29, 0.717) is 6.42 Å². The van der Waals surface area contributed by atoms with Crippen molar-refractivity contribution in [3.05, 3.63) is 65.5 Å². The van der Waals surface area contributed by atoms with E-state index in [4.69, 9.17) is 0 Å². The highest BCUT2D eigenvalue weighted by Gasteiger charge is 2.27. The second-order valence-corrected chi connectivity index (χ2v) is 4.89. The molecule has 0 spiro atoms. The van der Waals surface area contributed by atoms with Gasteiger partial charge in [0.25, 0.3) is 0 Å². The molecule has 1 aromatic heterocycles. The van der Waals surface area contributed by atoms with Crippen LogP contribution in [0.5, 0.6) is 0 Å². The number of carbonyl (C=O) groups is 1. The number of aromatic nitrogens is 1. The van der Waals surface area contributed by atoms with E-state index in [-0.39, 0.29) is 0 Å². The molecule has 2 rings (SSSR count). The van der Waals surface area contributed by atoms with Gasteiger partial charge in [0.05, 0.1) is 5.41 Å². The molecule has 0 aliphatic rings. The zero-order chi connectivity index (χ0) is 13.0. The van der Waals surface area contributed by atoms with Crippen LogP contribution in [0, 0.1) is 6.92 Å². The Kier molecular flexibility index (Phi) is 3.56. The molecule has 0 aliphatic carbocycles. The predicted molar refractivity (Wildman–Crippen MR) is 72.5 cm³/mol. The summed E-state index contributed by atoms with van der Waals surface area (Å²) in [5.74, 6) is 0. The number of hydrogen-bond donors (Lipinski definition) is 0. The van der Waals surface area contributed by atoms with Crippen LogP contribution in [0.25, 0.3) is 0 Å². The quantitative estimate of drug-likeness (QED) is 0.767. The van der Waals surface area contributed by atoms with Crippen molar-refractivity contribution in [3.63, 3.8) is 0 Å². The molecule has 18 heavy (non-hydrogen) atoms. The van der Waals surface area contributed by atoms with Crippen molar-refractivity contribution < 1.29 is 4.79 Å². The fraction of sp³-hybridized carbons (Fsp3) is 0.250. The molecular weight excluding hydrogens is 222 g/mol. The maximum absolute atomic E-state index is 11.6. The minimum Gasteiger partial charge on any atom is -0.302 e. The average Bonchev–Trinajstić information content (AvgIpc) is 2.40. The van der Waals surface area contributed by atoms with Crippen LogP contribution in [0.4, 0.5) is 0 Å². The first-order valence-corrected chi connectivity index (χ1v) is 6.07. The summed E-state index contributed by atoms with van der Waals surface area (Å²) >= 11 is 0. The molecule has 0 amide bonds. The smallest absolute Gasteiger partial charge is 0.130 e. The van der Waals surface area contributed by atoms with E-state index in [1.165, 1.54) is 0 Å². The molecule has 2 heteroatoms. The molecule has 2 nitrogen and oxygen atoms in total. The highest BCUT2D eigenvalue weighted by Crippen LogP contribution is 2.28. The minimum atomic E-state index is -0.492. The summed E-state index contributed by atoms with van der Waals surface area (Å²) in [4.78, 5) is 15.7. The minimum absolute atomic E-state index is 0.492. The van der Waals surface area contributed by atoms with Crippen molar-refractivity contribution in [2.24, 2.45) is 0 Å². The summed E-state index contributed by atoms with van der Waals surface area (Å²) in [6, 6.07) is 12.0. The second-order valence-electron chi connectivity index (χ2n) is 4.89. The summed E-state index contributed by atoms with van der Waals surface area (Å²) in [5.41, 5.74) is 2.82. The molecule has 0 bridgehead atoms. The van der Waals surface area contributed by atoms with Crippen molar-refractivity contribution in [2.75, 3.05) is 0 Å². The number of benzene rings is 1. The van der Waals surface area contributed by atoms with Crippen LogP contribution >= 0.6 is 0 Å². The number of aryl methyl sites for hydroxylation is 1. The summed E-state index contributed by atoms with van der Waals surface area (Å²) in [6.45, 7) is 4.02. The monoisotopic (exact) mass is 239 g/mol. The van der Waals surface area contributed by atoms with Crippen LogP contribution in [0.15, 0.2) is 48.8 Å². The lowest BCUT2D eigenvalue weighted by Gasteiger charge is -2.25. The Morgan fingerprint density at radius 2 is 2.00 bits per heavy atom. The third-order valence-corrected chi connectivity index (χ3v) is 3.31. The standard InChI is InChI=1S/C16H17NO/c1-13-6-3-4-8-15(13)16(2,12-18)10-14-7-5-9-17-11-14/h3-9,11-12H,10H2,1-2H3. The molecule has 0 fully saturated rings. The Morgan fingerprint density at radius 3 is 2.61 bits per heavy atom. The molecule has 0 aliphatic heterocycles. The first-order valence-electron chi connectivity index (χ1n) is 6.07. The van der Waals surface area contributed by atoms with Crippen molar-refractivity contribution in [2.45, 2.75) is 25.7 Å². The van der Waals surface area contributed by atoms with Gasteiger partial charge < -0.3 is 4.79 Å². The molecule has 1 unspecified atom stereocenters. The van der Waals surface area contributed by atoms with Gasteiger partial charge in [-0.1, -0.05) is 30.3 Å². The first-order chi connectivity index (χ1) is 8.65. The van der Waals surface area contributed by atoms with Crippen molar-refractivity contribution in [1.29, 1.82) is 0 Å². The van der Waals surface area contributed by atoms with Gasteiger partial charge in [-0.2, -0.15) is 0 Å². The molecule has 0 saturated heterocycles. The number of pyridine rings is 1.